The number of hydrogen-bond acceptors (Lipinski definition) is 4. The molecule has 2 aromatic rings. The fourth-order valence-electron chi connectivity index (χ4n) is 1.73. The van der Waals surface area contributed by atoms with E-state index in [2.05, 4.69) is 0 Å². The van der Waals surface area contributed by atoms with Crippen LogP contribution in [0.5, 0.6) is 0 Å². The third-order valence-corrected chi connectivity index (χ3v) is 5.32. The van der Waals surface area contributed by atoms with Crippen molar-refractivity contribution in [3.05, 3.63) is 46.3 Å². The van der Waals surface area contributed by atoms with Gasteiger partial charge < -0.3 is 4.42 Å². The number of para-hydroxylation sites is 1. The van der Waals surface area contributed by atoms with Crippen molar-refractivity contribution < 1.29 is 4.42 Å². The highest BCUT2D eigenvalue weighted by Crippen LogP contribution is 2.39. The van der Waals surface area contributed by atoms with Crippen molar-refractivity contribution in [3.63, 3.8) is 0 Å². The third-order valence-electron chi connectivity index (χ3n) is 2.51. The summed E-state index contributed by atoms with van der Waals surface area (Å²) in [4.78, 5) is 12.9. The summed E-state index contributed by atoms with van der Waals surface area (Å²) < 4.78 is 5.76. The van der Waals surface area contributed by atoms with Crippen LogP contribution in [0.2, 0.25) is 0 Å². The molecule has 17 heavy (non-hydrogen) atoms. The summed E-state index contributed by atoms with van der Waals surface area (Å²) in [6.07, 6.45) is 3.75. The minimum atomic E-state index is 0.0203. The SMILES string of the molecule is O=c1c2c(oc3ccccc13)C=CC(SCl)S2. The van der Waals surface area contributed by atoms with E-state index in [4.69, 9.17) is 15.1 Å². The van der Waals surface area contributed by atoms with Crippen molar-refractivity contribution in [2.24, 2.45) is 0 Å². The highest BCUT2D eigenvalue weighted by atomic mass is 35.7. The van der Waals surface area contributed by atoms with Gasteiger partial charge in [-0.2, -0.15) is 0 Å². The van der Waals surface area contributed by atoms with Crippen molar-refractivity contribution in [2.75, 3.05) is 0 Å². The second kappa shape index (κ2) is 4.44. The van der Waals surface area contributed by atoms with Gasteiger partial charge in [-0.15, -0.1) is 0 Å². The Morgan fingerprint density at radius 3 is 3.00 bits per heavy atom. The Morgan fingerprint density at radius 2 is 2.18 bits per heavy atom. The molecule has 0 spiro atoms. The molecule has 3 rings (SSSR count). The minimum absolute atomic E-state index is 0.0203. The number of benzene rings is 1. The Labute approximate surface area is 111 Å². The van der Waals surface area contributed by atoms with E-state index in [0.717, 1.165) is 0 Å². The van der Waals surface area contributed by atoms with Gasteiger partial charge >= 0.3 is 0 Å². The normalized spacial score (nSPS) is 18.3. The highest BCUT2D eigenvalue weighted by molar-refractivity contribution is 8.30. The molecule has 0 saturated heterocycles. The Hall–Kier alpha value is -0.840. The average molecular weight is 283 g/mol. The first-order valence-corrected chi connectivity index (χ1v) is 7.56. The van der Waals surface area contributed by atoms with Gasteiger partial charge in [0, 0.05) is 0 Å². The second-order valence-corrected chi connectivity index (χ2v) is 6.23. The molecule has 1 unspecified atom stereocenters. The molecule has 0 aliphatic carbocycles. The molecule has 0 N–H and O–H groups in total. The summed E-state index contributed by atoms with van der Waals surface area (Å²) in [7, 11) is 6.92. The van der Waals surface area contributed by atoms with Crippen LogP contribution >= 0.6 is 33.4 Å². The van der Waals surface area contributed by atoms with Crippen LogP contribution in [0, 0.1) is 0 Å². The highest BCUT2D eigenvalue weighted by Gasteiger charge is 2.20. The van der Waals surface area contributed by atoms with E-state index >= 15 is 0 Å². The van der Waals surface area contributed by atoms with Crippen molar-refractivity contribution >= 4 is 50.5 Å². The first kappa shape index (κ1) is 11.3. The molecule has 0 radical (unpaired) electrons. The van der Waals surface area contributed by atoms with Crippen molar-refractivity contribution in [2.45, 2.75) is 9.48 Å². The number of rotatable bonds is 1. The fourth-order valence-corrected chi connectivity index (χ4v) is 3.64. The van der Waals surface area contributed by atoms with E-state index in [1.165, 1.54) is 22.7 Å². The Kier molecular flexibility index (Phi) is 2.94. The van der Waals surface area contributed by atoms with E-state index in [9.17, 15) is 4.79 Å². The number of thioether (sulfide) groups is 1. The van der Waals surface area contributed by atoms with Gasteiger partial charge in [0.05, 0.1) is 14.9 Å². The molecule has 1 aliphatic rings. The molecule has 5 heteroatoms. The van der Waals surface area contributed by atoms with Crippen molar-refractivity contribution in [3.8, 4) is 0 Å². The zero-order valence-corrected chi connectivity index (χ0v) is 10.9. The predicted octanol–water partition coefficient (Wildman–Crippen LogP) is 4.13. The average Bonchev–Trinajstić information content (AvgIpc) is 2.39. The summed E-state index contributed by atoms with van der Waals surface area (Å²) in [6.45, 7) is 0. The van der Waals surface area contributed by atoms with Crippen LogP contribution in [0.4, 0.5) is 0 Å². The Morgan fingerprint density at radius 1 is 1.35 bits per heavy atom. The molecule has 2 heterocycles. The maximum Gasteiger partial charge on any atom is 0.206 e. The number of halogens is 1. The lowest BCUT2D eigenvalue weighted by atomic mass is 10.2. The molecule has 1 aromatic carbocycles. The third kappa shape index (κ3) is 1.90. The van der Waals surface area contributed by atoms with Crippen LogP contribution in [-0.4, -0.2) is 4.58 Å². The zero-order valence-electron chi connectivity index (χ0n) is 8.55. The van der Waals surface area contributed by atoms with Crippen molar-refractivity contribution in [1.29, 1.82) is 0 Å². The number of hydrogen-bond donors (Lipinski definition) is 0. The largest absolute Gasteiger partial charge is 0.455 e. The van der Waals surface area contributed by atoms with Gasteiger partial charge in [-0.1, -0.05) is 30.0 Å². The fraction of sp³-hybridized carbons (Fsp3) is 0.0833. The summed E-state index contributed by atoms with van der Waals surface area (Å²) in [5, 5.41) is 0.618. The molecular formula is C12H7ClO2S2. The van der Waals surface area contributed by atoms with Crippen LogP contribution in [0.15, 0.2) is 44.4 Å². The van der Waals surface area contributed by atoms with Gasteiger partial charge in [-0.3, -0.25) is 4.79 Å². The first-order chi connectivity index (χ1) is 8.29. The maximum absolute atomic E-state index is 12.3. The first-order valence-electron chi connectivity index (χ1n) is 4.97. The monoisotopic (exact) mass is 282 g/mol. The number of fused-ring (bicyclic) bond motifs is 2. The molecule has 0 fully saturated rings. The molecule has 1 aliphatic heterocycles. The van der Waals surface area contributed by atoms with E-state index in [-0.39, 0.29) is 10.0 Å². The maximum atomic E-state index is 12.3. The topological polar surface area (TPSA) is 30.2 Å². The second-order valence-electron chi connectivity index (χ2n) is 3.56. The van der Waals surface area contributed by atoms with E-state index < -0.39 is 0 Å². The van der Waals surface area contributed by atoms with Gasteiger partial charge in [0.25, 0.3) is 0 Å². The van der Waals surface area contributed by atoms with E-state index in [0.29, 0.717) is 21.6 Å². The summed E-state index contributed by atoms with van der Waals surface area (Å²) in [5.74, 6) is 0.626. The van der Waals surface area contributed by atoms with Crippen LogP contribution in [-0.2, 0) is 0 Å². The predicted molar refractivity (Wildman–Crippen MR) is 74.6 cm³/mol. The Bertz CT molecular complexity index is 663. The molecular weight excluding hydrogens is 276 g/mol. The molecule has 2 nitrogen and oxygen atoms in total. The van der Waals surface area contributed by atoms with Crippen LogP contribution in [0.3, 0.4) is 0 Å². The molecule has 0 amide bonds. The quantitative estimate of drug-likeness (QED) is 0.787. The lowest BCUT2D eigenvalue weighted by molar-refractivity contribution is 0.574. The lowest BCUT2D eigenvalue weighted by Crippen LogP contribution is -2.10. The van der Waals surface area contributed by atoms with Gasteiger partial charge in [0.2, 0.25) is 5.43 Å². The van der Waals surface area contributed by atoms with Gasteiger partial charge in [-0.05, 0) is 39.9 Å². The van der Waals surface area contributed by atoms with Crippen LogP contribution in [0.25, 0.3) is 17.0 Å². The smallest absolute Gasteiger partial charge is 0.206 e. The molecule has 86 valence electrons. The lowest BCUT2D eigenvalue weighted by Gasteiger charge is -2.14. The zero-order chi connectivity index (χ0) is 11.8. The molecule has 0 saturated carbocycles. The minimum Gasteiger partial charge on any atom is -0.455 e. The summed E-state index contributed by atoms with van der Waals surface area (Å²) >= 11 is 1.44. The van der Waals surface area contributed by atoms with Gasteiger partial charge in [0.1, 0.15) is 11.3 Å². The molecule has 0 bridgehead atoms. The summed E-state index contributed by atoms with van der Waals surface area (Å²) in [6, 6.07) is 7.28. The van der Waals surface area contributed by atoms with Crippen molar-refractivity contribution in [1.82, 2.24) is 0 Å². The van der Waals surface area contributed by atoms with Crippen LogP contribution < -0.4 is 5.43 Å². The van der Waals surface area contributed by atoms with Crippen LogP contribution in [0.1, 0.15) is 5.76 Å². The van der Waals surface area contributed by atoms with Gasteiger partial charge in [-0.25, -0.2) is 0 Å². The van der Waals surface area contributed by atoms with Gasteiger partial charge in [0.15, 0.2) is 0 Å². The molecule has 1 aromatic heterocycles. The molecule has 1 atom stereocenters. The van der Waals surface area contributed by atoms with E-state index in [1.54, 1.807) is 12.1 Å². The Balaban J connectivity index is 2.29. The van der Waals surface area contributed by atoms with E-state index in [1.807, 2.05) is 24.3 Å². The standard InChI is InChI=1S/C12H7ClO2S2/c13-17-10-6-5-9-12(16-10)11(14)7-3-1-2-4-8(7)15-9/h1-6,10H. The summed E-state index contributed by atoms with van der Waals surface area (Å²) in [5.41, 5.74) is 0.644.